The molecule has 0 amide bonds. The van der Waals surface area contributed by atoms with Gasteiger partial charge in [0.05, 0.1) is 0 Å². The molecule has 3 heteroatoms. The molecule has 1 unspecified atom stereocenters. The van der Waals surface area contributed by atoms with Crippen LogP contribution in [0.25, 0.3) is 0 Å². The van der Waals surface area contributed by atoms with Crippen LogP contribution in [0.2, 0.25) is 0 Å². The van der Waals surface area contributed by atoms with Crippen molar-refractivity contribution in [2.45, 2.75) is 90.9 Å². The van der Waals surface area contributed by atoms with E-state index in [1.807, 2.05) is 0 Å². The van der Waals surface area contributed by atoms with E-state index in [1.54, 1.807) is 0 Å². The van der Waals surface area contributed by atoms with Gasteiger partial charge < -0.3 is 4.90 Å². The van der Waals surface area contributed by atoms with Crippen LogP contribution < -0.4 is 4.90 Å². The maximum Gasteiger partial charge on any atom is 0.0367 e. The van der Waals surface area contributed by atoms with Crippen molar-refractivity contribution in [2.75, 3.05) is 31.1 Å². The molecule has 3 nitrogen and oxygen atoms in total. The Morgan fingerprint density at radius 1 is 0.821 bits per heavy atom. The van der Waals surface area contributed by atoms with Gasteiger partial charge in [-0.25, -0.2) is 0 Å². The molecule has 1 aliphatic heterocycles. The molecule has 28 heavy (non-hydrogen) atoms. The van der Waals surface area contributed by atoms with Gasteiger partial charge in [0.1, 0.15) is 0 Å². The maximum absolute atomic E-state index is 2.75. The smallest absolute Gasteiger partial charge is 0.0367 e. The summed E-state index contributed by atoms with van der Waals surface area (Å²) in [5.74, 6) is 0.930. The number of anilines is 1. The predicted molar refractivity (Wildman–Crippen MR) is 122 cm³/mol. The van der Waals surface area contributed by atoms with E-state index in [-0.39, 0.29) is 0 Å². The van der Waals surface area contributed by atoms with Gasteiger partial charge in [0.25, 0.3) is 0 Å². The van der Waals surface area contributed by atoms with Crippen LogP contribution >= 0.6 is 0 Å². The molecule has 0 aromatic heterocycles. The highest BCUT2D eigenvalue weighted by Gasteiger charge is 2.30. The molecule has 1 saturated heterocycles. The molecule has 0 spiro atoms. The van der Waals surface area contributed by atoms with Crippen LogP contribution in [0, 0.1) is 5.92 Å². The lowest BCUT2D eigenvalue weighted by Gasteiger charge is -2.43. The number of hydrogen-bond acceptors (Lipinski definition) is 3. The average Bonchev–Trinajstić information content (AvgIpc) is 2.69. The molecule has 1 saturated carbocycles. The lowest BCUT2D eigenvalue weighted by molar-refractivity contribution is 0.0669. The fraction of sp³-hybridized carbons (Fsp3) is 0.760. The number of nitrogens with zero attached hydrogens (tertiary/aromatic N) is 3. The summed E-state index contributed by atoms with van der Waals surface area (Å²) in [6.07, 6.45) is 7.04. The molecular weight excluding hydrogens is 342 g/mol. The van der Waals surface area contributed by atoms with Crippen LogP contribution in [-0.2, 0) is 0 Å². The van der Waals surface area contributed by atoms with Crippen LogP contribution in [-0.4, -0.2) is 60.1 Å². The molecule has 0 N–H and O–H groups in total. The van der Waals surface area contributed by atoms with Gasteiger partial charge in [-0.3, -0.25) is 9.80 Å². The summed E-state index contributed by atoms with van der Waals surface area (Å²) >= 11 is 0. The quantitative estimate of drug-likeness (QED) is 0.633. The Labute approximate surface area is 174 Å². The molecular formula is C25H43N3. The molecule has 158 valence electrons. The summed E-state index contributed by atoms with van der Waals surface area (Å²) in [6.45, 7) is 16.7. The van der Waals surface area contributed by atoms with Gasteiger partial charge in [0.2, 0.25) is 0 Å². The molecule has 1 aliphatic carbocycles. The minimum Gasteiger partial charge on any atom is -0.369 e. The first-order valence-electron chi connectivity index (χ1n) is 11.8. The summed E-state index contributed by atoms with van der Waals surface area (Å²) in [5, 5.41) is 0. The van der Waals surface area contributed by atoms with Gasteiger partial charge in [0, 0.05) is 56.0 Å². The number of hydrogen-bond donors (Lipinski definition) is 0. The number of rotatable bonds is 7. The minimum atomic E-state index is 0.668. The van der Waals surface area contributed by atoms with E-state index in [1.165, 1.54) is 64.0 Å². The monoisotopic (exact) mass is 385 g/mol. The summed E-state index contributed by atoms with van der Waals surface area (Å²) < 4.78 is 0. The van der Waals surface area contributed by atoms with Crippen molar-refractivity contribution in [3.63, 3.8) is 0 Å². The van der Waals surface area contributed by atoms with Crippen molar-refractivity contribution in [1.82, 2.24) is 9.80 Å². The van der Waals surface area contributed by atoms with Crippen LogP contribution in [0.3, 0.4) is 0 Å². The van der Waals surface area contributed by atoms with Crippen LogP contribution in [0.1, 0.15) is 66.7 Å². The van der Waals surface area contributed by atoms with Crippen molar-refractivity contribution >= 4 is 5.69 Å². The van der Waals surface area contributed by atoms with E-state index in [0.29, 0.717) is 12.1 Å². The van der Waals surface area contributed by atoms with Crippen molar-refractivity contribution < 1.29 is 0 Å². The van der Waals surface area contributed by atoms with E-state index in [0.717, 1.165) is 18.0 Å². The first-order valence-corrected chi connectivity index (χ1v) is 11.8. The molecule has 0 radical (unpaired) electrons. The second-order valence-corrected chi connectivity index (χ2v) is 9.75. The Hall–Kier alpha value is -1.06. The van der Waals surface area contributed by atoms with Crippen molar-refractivity contribution in [3.05, 3.63) is 30.3 Å². The Morgan fingerprint density at radius 3 is 1.93 bits per heavy atom. The van der Waals surface area contributed by atoms with E-state index in [9.17, 15) is 0 Å². The third-order valence-electron chi connectivity index (χ3n) is 7.16. The summed E-state index contributed by atoms with van der Waals surface area (Å²) in [7, 11) is 0. The standard InChI is InChI=1S/C25H43N3/c1-20(2)28(21(3)4)25-13-11-23(12-14-25)19-22(5)26-15-17-27(18-16-26)24-9-7-6-8-10-24/h6-10,20-23,25H,11-19H2,1-5H3. The van der Waals surface area contributed by atoms with Gasteiger partial charge in [0.15, 0.2) is 0 Å². The summed E-state index contributed by atoms with van der Waals surface area (Å²) in [5.41, 5.74) is 1.38. The summed E-state index contributed by atoms with van der Waals surface area (Å²) in [6, 6.07) is 13.8. The molecule has 0 bridgehead atoms. The van der Waals surface area contributed by atoms with E-state index >= 15 is 0 Å². The first kappa shape index (κ1) is 21.6. The Kier molecular flexibility index (Phi) is 7.82. The zero-order valence-corrected chi connectivity index (χ0v) is 19.0. The minimum absolute atomic E-state index is 0.668. The highest BCUT2D eigenvalue weighted by molar-refractivity contribution is 5.46. The molecule has 2 fully saturated rings. The van der Waals surface area contributed by atoms with E-state index in [4.69, 9.17) is 0 Å². The Bertz CT molecular complexity index is 546. The van der Waals surface area contributed by atoms with Crippen molar-refractivity contribution in [3.8, 4) is 0 Å². The normalized spacial score (nSPS) is 25.6. The Morgan fingerprint density at radius 2 is 1.39 bits per heavy atom. The lowest BCUT2D eigenvalue weighted by Crippen LogP contribution is -2.50. The molecule has 1 aromatic carbocycles. The highest BCUT2D eigenvalue weighted by atomic mass is 15.3. The third-order valence-corrected chi connectivity index (χ3v) is 7.16. The molecule has 1 atom stereocenters. The van der Waals surface area contributed by atoms with Gasteiger partial charge in [-0.15, -0.1) is 0 Å². The molecule has 1 aromatic rings. The van der Waals surface area contributed by atoms with E-state index in [2.05, 4.69) is 79.7 Å². The van der Waals surface area contributed by atoms with Crippen LogP contribution in [0.5, 0.6) is 0 Å². The second kappa shape index (κ2) is 10.1. The van der Waals surface area contributed by atoms with E-state index < -0.39 is 0 Å². The van der Waals surface area contributed by atoms with Gasteiger partial charge in [-0.1, -0.05) is 18.2 Å². The van der Waals surface area contributed by atoms with Gasteiger partial charge in [-0.2, -0.15) is 0 Å². The Balaban J connectivity index is 1.42. The van der Waals surface area contributed by atoms with Gasteiger partial charge >= 0.3 is 0 Å². The molecule has 2 aliphatic rings. The number of piperazine rings is 1. The second-order valence-electron chi connectivity index (χ2n) is 9.75. The fourth-order valence-electron chi connectivity index (χ4n) is 5.81. The fourth-order valence-corrected chi connectivity index (χ4v) is 5.81. The molecule has 3 rings (SSSR count). The zero-order valence-electron chi connectivity index (χ0n) is 19.0. The predicted octanol–water partition coefficient (Wildman–Crippen LogP) is 5.26. The number of benzene rings is 1. The largest absolute Gasteiger partial charge is 0.369 e. The van der Waals surface area contributed by atoms with Crippen molar-refractivity contribution in [1.29, 1.82) is 0 Å². The van der Waals surface area contributed by atoms with Gasteiger partial charge in [-0.05, 0) is 84.8 Å². The lowest BCUT2D eigenvalue weighted by atomic mass is 9.81. The van der Waals surface area contributed by atoms with Crippen molar-refractivity contribution in [2.24, 2.45) is 5.92 Å². The first-order chi connectivity index (χ1) is 13.5. The zero-order chi connectivity index (χ0) is 20.1. The number of para-hydroxylation sites is 1. The summed E-state index contributed by atoms with van der Waals surface area (Å²) in [4.78, 5) is 8.03. The van der Waals surface area contributed by atoms with Crippen LogP contribution in [0.4, 0.5) is 5.69 Å². The topological polar surface area (TPSA) is 9.72 Å². The van der Waals surface area contributed by atoms with Crippen LogP contribution in [0.15, 0.2) is 30.3 Å². The molecule has 1 heterocycles. The SMILES string of the molecule is CC(CC1CCC(N(C(C)C)C(C)C)CC1)N1CCN(c2ccccc2)CC1. The average molecular weight is 386 g/mol. The third kappa shape index (κ3) is 5.51. The highest BCUT2D eigenvalue weighted by Crippen LogP contribution is 2.33. The maximum atomic E-state index is 2.75.